The fourth-order valence-electron chi connectivity index (χ4n) is 3.94. The number of alkyl carbamates (subject to hydrolysis) is 2. The number of hydrogen-bond acceptors (Lipinski definition) is 4. The van der Waals surface area contributed by atoms with Gasteiger partial charge in [0.1, 0.15) is 20.3 Å². The minimum Gasteiger partial charge on any atom is -1.00 e. The molecule has 2 N–H and O–H groups in total. The second kappa shape index (κ2) is 12.7. The summed E-state index contributed by atoms with van der Waals surface area (Å²) in [5.74, 6) is 0.201. The van der Waals surface area contributed by atoms with Crippen LogP contribution < -0.4 is 39.2 Å². The van der Waals surface area contributed by atoms with Crippen molar-refractivity contribution in [1.82, 2.24) is 15.2 Å². The summed E-state index contributed by atoms with van der Waals surface area (Å²) in [6, 6.07) is 4.16. The van der Waals surface area contributed by atoms with E-state index in [0.717, 1.165) is 42.6 Å². The van der Waals surface area contributed by atoms with Crippen molar-refractivity contribution < 1.29 is 47.6 Å². The van der Waals surface area contributed by atoms with E-state index < -0.39 is 12.2 Å². The first kappa shape index (κ1) is 26.0. The van der Waals surface area contributed by atoms with Crippen molar-refractivity contribution in [3.63, 3.8) is 0 Å². The van der Waals surface area contributed by atoms with Gasteiger partial charge in [-0.25, -0.2) is 14.2 Å². The number of rotatable bonds is 9. The average molecular weight is 556 g/mol. The molecule has 176 valence electrons. The Morgan fingerprint density at radius 1 is 1.12 bits per heavy atom. The largest absolute Gasteiger partial charge is 1.00 e. The Morgan fingerprint density at radius 3 is 2.41 bits per heavy atom. The molecule has 0 bridgehead atoms. The summed E-state index contributed by atoms with van der Waals surface area (Å²) >= 11 is 0. The first-order valence-electron chi connectivity index (χ1n) is 11.0. The summed E-state index contributed by atoms with van der Waals surface area (Å²) in [5.41, 5.74) is 4.13. The monoisotopic (exact) mass is 556 g/mol. The first-order valence-corrected chi connectivity index (χ1v) is 11.0. The Bertz CT molecular complexity index is 915. The number of carbonyl (C=O) groups is 2. The van der Waals surface area contributed by atoms with Gasteiger partial charge in [0.25, 0.3) is 0 Å². The molecule has 0 aromatic carbocycles. The van der Waals surface area contributed by atoms with Crippen LogP contribution in [0.3, 0.4) is 0 Å². The van der Waals surface area contributed by atoms with Gasteiger partial charge in [0.15, 0.2) is 12.4 Å². The minimum absolute atomic E-state index is 0. The lowest BCUT2D eigenvalue weighted by atomic mass is 9.93. The molecule has 0 fully saturated rings. The van der Waals surface area contributed by atoms with Crippen LogP contribution in [0, 0.1) is 0 Å². The number of carbonyl (C=O) groups excluding carboxylic acids is 2. The van der Waals surface area contributed by atoms with Gasteiger partial charge in [-0.05, 0) is 25.3 Å². The van der Waals surface area contributed by atoms with Crippen molar-refractivity contribution in [1.29, 1.82) is 0 Å². The number of halogens is 1. The molecule has 8 nitrogen and oxygen atoms in total. The topological polar surface area (TPSA) is 85.5 Å². The maximum absolute atomic E-state index is 12.1. The molecule has 2 amide bonds. The molecule has 1 aliphatic heterocycles. The van der Waals surface area contributed by atoms with Crippen LogP contribution in [0.5, 0.6) is 0 Å². The Balaban J connectivity index is 0.00000363. The summed E-state index contributed by atoms with van der Waals surface area (Å²) in [4.78, 5) is 24.0. The first-order chi connectivity index (χ1) is 15.0. The van der Waals surface area contributed by atoms with E-state index >= 15 is 0 Å². The molecular weight excluding hydrogens is 523 g/mol. The third-order valence-electron chi connectivity index (χ3n) is 5.42. The van der Waals surface area contributed by atoms with Crippen LogP contribution >= 0.6 is 0 Å². The van der Waals surface area contributed by atoms with Crippen LogP contribution in [0.2, 0.25) is 0 Å². The fraction of sp³-hybridized carbons (Fsp3) is 0.522. The van der Waals surface area contributed by atoms with Gasteiger partial charge in [-0.1, -0.05) is 13.8 Å². The Labute approximate surface area is 206 Å². The molecule has 2 aromatic rings. The number of pyridine rings is 1. The summed E-state index contributed by atoms with van der Waals surface area (Å²) in [6.07, 6.45) is 7.95. The van der Waals surface area contributed by atoms with Gasteiger partial charge in [-0.15, -0.1) is 0 Å². The lowest BCUT2D eigenvalue weighted by Crippen LogP contribution is -3.00. The van der Waals surface area contributed by atoms with E-state index in [2.05, 4.69) is 27.5 Å². The highest BCUT2D eigenvalue weighted by atomic mass is 127. The standard InChI is InChI=1S/C23H32N4O4.HI/c1-4-9-24-22(28)30-15-18-14-27-12-8-19(17-7-6-11-26(3)13-17)21(27)20(18)16-31-23(29)25-10-5-2;/h6-7,11,13-14,19H,4-5,8-10,12,15-16H2,1-3H3,(H-,24,25,28,29);1H. The van der Waals surface area contributed by atoms with Gasteiger partial charge in [0, 0.05) is 60.2 Å². The Morgan fingerprint density at radius 2 is 1.78 bits per heavy atom. The molecule has 0 saturated carbocycles. The van der Waals surface area contributed by atoms with E-state index in [0.29, 0.717) is 13.1 Å². The summed E-state index contributed by atoms with van der Waals surface area (Å²) in [7, 11) is 2.01. The van der Waals surface area contributed by atoms with Crippen molar-refractivity contribution in [2.45, 2.75) is 58.8 Å². The number of hydrogen-bond donors (Lipinski definition) is 2. The van der Waals surface area contributed by atoms with Crippen molar-refractivity contribution >= 4 is 12.2 Å². The van der Waals surface area contributed by atoms with Crippen LogP contribution in [-0.2, 0) is 36.3 Å². The predicted molar refractivity (Wildman–Crippen MR) is 115 cm³/mol. The SMILES string of the molecule is CCCNC(=O)OCc1cn2c(c1COC(=O)NCCC)C(c1ccc[n+](C)c1)CC2.[I-]. The van der Waals surface area contributed by atoms with Crippen molar-refractivity contribution in [3.8, 4) is 0 Å². The summed E-state index contributed by atoms with van der Waals surface area (Å²) < 4.78 is 15.2. The molecule has 32 heavy (non-hydrogen) atoms. The van der Waals surface area contributed by atoms with Crippen LogP contribution in [-0.4, -0.2) is 29.8 Å². The molecule has 0 saturated heterocycles. The quantitative estimate of drug-likeness (QED) is 0.340. The number of nitrogens with zero attached hydrogens (tertiary/aromatic N) is 2. The normalized spacial score (nSPS) is 14.3. The molecular formula is C23H33IN4O4. The minimum atomic E-state index is -0.438. The maximum Gasteiger partial charge on any atom is 0.407 e. The average Bonchev–Trinajstić information content (AvgIpc) is 3.32. The molecule has 0 spiro atoms. The highest BCUT2D eigenvalue weighted by molar-refractivity contribution is 5.67. The molecule has 3 rings (SSSR count). The second-order valence-electron chi connectivity index (χ2n) is 7.86. The number of fused-ring (bicyclic) bond motifs is 1. The second-order valence-corrected chi connectivity index (χ2v) is 7.86. The van der Waals surface area contributed by atoms with E-state index in [9.17, 15) is 9.59 Å². The Hall–Kier alpha value is -2.30. The van der Waals surface area contributed by atoms with Crippen molar-refractivity contribution in [3.05, 3.63) is 53.1 Å². The van der Waals surface area contributed by atoms with Crippen molar-refractivity contribution in [2.75, 3.05) is 13.1 Å². The van der Waals surface area contributed by atoms with Gasteiger partial charge in [0.2, 0.25) is 0 Å². The van der Waals surface area contributed by atoms with Crippen LogP contribution in [0.15, 0.2) is 30.7 Å². The zero-order valence-electron chi connectivity index (χ0n) is 19.0. The van der Waals surface area contributed by atoms with E-state index in [1.807, 2.05) is 43.9 Å². The fourth-order valence-corrected chi connectivity index (χ4v) is 3.94. The number of amides is 2. The predicted octanol–water partition coefficient (Wildman–Crippen LogP) is 0.125. The van der Waals surface area contributed by atoms with Gasteiger partial charge >= 0.3 is 12.2 Å². The molecule has 2 aromatic heterocycles. The van der Waals surface area contributed by atoms with E-state index in [1.165, 1.54) is 5.56 Å². The number of ether oxygens (including phenoxy) is 2. The molecule has 3 heterocycles. The number of nitrogens with one attached hydrogen (secondary N) is 2. The highest BCUT2D eigenvalue weighted by Gasteiger charge is 2.31. The van der Waals surface area contributed by atoms with Gasteiger partial charge < -0.3 is 48.7 Å². The summed E-state index contributed by atoms with van der Waals surface area (Å²) in [5, 5.41) is 5.46. The maximum atomic E-state index is 12.1. The van der Waals surface area contributed by atoms with Gasteiger partial charge in [0.05, 0.1) is 0 Å². The molecule has 0 radical (unpaired) electrons. The zero-order valence-corrected chi connectivity index (χ0v) is 21.2. The van der Waals surface area contributed by atoms with E-state index in [-0.39, 0.29) is 43.1 Å². The Kier molecular flexibility index (Phi) is 10.3. The molecule has 9 heteroatoms. The highest BCUT2D eigenvalue weighted by Crippen LogP contribution is 2.39. The molecule has 1 aliphatic rings. The van der Waals surface area contributed by atoms with Crippen LogP contribution in [0.4, 0.5) is 9.59 Å². The van der Waals surface area contributed by atoms with Crippen molar-refractivity contribution in [2.24, 2.45) is 7.05 Å². The summed E-state index contributed by atoms with van der Waals surface area (Å²) in [6.45, 7) is 6.28. The van der Waals surface area contributed by atoms with Crippen LogP contribution in [0.25, 0.3) is 0 Å². The van der Waals surface area contributed by atoms with Crippen LogP contribution in [0.1, 0.15) is 61.4 Å². The van der Waals surface area contributed by atoms with E-state index in [4.69, 9.17) is 9.47 Å². The number of aryl methyl sites for hydroxylation is 2. The molecule has 1 atom stereocenters. The molecule has 1 unspecified atom stereocenters. The van der Waals surface area contributed by atoms with Gasteiger partial charge in [-0.2, -0.15) is 0 Å². The lowest BCUT2D eigenvalue weighted by Gasteiger charge is -2.14. The lowest BCUT2D eigenvalue weighted by molar-refractivity contribution is -0.672. The number of aromatic nitrogens is 2. The smallest absolute Gasteiger partial charge is 0.407 e. The third kappa shape index (κ3) is 6.60. The molecule has 0 aliphatic carbocycles. The zero-order chi connectivity index (χ0) is 22.2. The third-order valence-corrected chi connectivity index (χ3v) is 5.42. The van der Waals surface area contributed by atoms with Gasteiger partial charge in [-0.3, -0.25) is 0 Å². The van der Waals surface area contributed by atoms with E-state index in [1.54, 1.807) is 0 Å².